The SMILES string of the molecule is CCOc1ccc(-c2csc(C(C#N)=CNc3cccc(F)c3)n2)cc1. The Labute approximate surface area is 155 Å². The molecule has 1 aromatic heterocycles. The molecule has 0 radical (unpaired) electrons. The van der Waals surface area contributed by atoms with Gasteiger partial charge in [0, 0.05) is 22.8 Å². The van der Waals surface area contributed by atoms with E-state index in [1.807, 2.05) is 36.6 Å². The first kappa shape index (κ1) is 17.6. The third kappa shape index (κ3) is 4.26. The van der Waals surface area contributed by atoms with Crippen LogP contribution in [0.3, 0.4) is 0 Å². The number of nitriles is 1. The van der Waals surface area contributed by atoms with Crippen molar-refractivity contribution in [3.63, 3.8) is 0 Å². The summed E-state index contributed by atoms with van der Waals surface area (Å²) in [4.78, 5) is 4.53. The van der Waals surface area contributed by atoms with Crippen molar-refractivity contribution in [3.8, 4) is 23.1 Å². The molecule has 3 rings (SSSR count). The molecule has 0 unspecified atom stereocenters. The number of hydrogen-bond donors (Lipinski definition) is 1. The van der Waals surface area contributed by atoms with Crippen LogP contribution >= 0.6 is 11.3 Å². The van der Waals surface area contributed by atoms with Crippen LogP contribution in [0.5, 0.6) is 5.75 Å². The number of aromatic nitrogens is 1. The van der Waals surface area contributed by atoms with Gasteiger partial charge in [0.25, 0.3) is 0 Å². The quantitative estimate of drug-likeness (QED) is 0.600. The molecule has 0 fully saturated rings. The van der Waals surface area contributed by atoms with Crippen molar-refractivity contribution in [1.29, 1.82) is 5.26 Å². The van der Waals surface area contributed by atoms with E-state index in [-0.39, 0.29) is 5.82 Å². The maximum atomic E-state index is 13.2. The fourth-order valence-electron chi connectivity index (χ4n) is 2.29. The Kier molecular flexibility index (Phi) is 5.62. The second-order valence-corrected chi connectivity index (χ2v) is 6.18. The first-order chi connectivity index (χ1) is 12.7. The van der Waals surface area contributed by atoms with Crippen molar-refractivity contribution in [2.24, 2.45) is 0 Å². The van der Waals surface area contributed by atoms with Crippen LogP contribution in [-0.4, -0.2) is 11.6 Å². The van der Waals surface area contributed by atoms with E-state index >= 15 is 0 Å². The van der Waals surface area contributed by atoms with Crippen LogP contribution in [0, 0.1) is 17.1 Å². The van der Waals surface area contributed by atoms with Gasteiger partial charge in [0.1, 0.15) is 28.2 Å². The van der Waals surface area contributed by atoms with Crippen LogP contribution in [0.1, 0.15) is 11.9 Å². The number of nitrogens with zero attached hydrogens (tertiary/aromatic N) is 2. The van der Waals surface area contributed by atoms with Crippen molar-refractivity contribution in [3.05, 3.63) is 70.9 Å². The Bertz CT molecular complexity index is 958. The van der Waals surface area contributed by atoms with Gasteiger partial charge in [0.05, 0.1) is 12.3 Å². The van der Waals surface area contributed by atoms with E-state index in [1.165, 1.54) is 29.7 Å². The lowest BCUT2D eigenvalue weighted by molar-refractivity contribution is 0.340. The normalized spacial score (nSPS) is 11.0. The van der Waals surface area contributed by atoms with Crippen LogP contribution in [-0.2, 0) is 0 Å². The Balaban J connectivity index is 1.78. The fourth-order valence-corrected chi connectivity index (χ4v) is 3.09. The average Bonchev–Trinajstić information content (AvgIpc) is 3.13. The van der Waals surface area contributed by atoms with Gasteiger partial charge >= 0.3 is 0 Å². The first-order valence-electron chi connectivity index (χ1n) is 8.01. The summed E-state index contributed by atoms with van der Waals surface area (Å²) in [6, 6.07) is 15.8. The van der Waals surface area contributed by atoms with E-state index in [0.717, 1.165) is 17.0 Å². The predicted molar refractivity (Wildman–Crippen MR) is 102 cm³/mol. The Morgan fingerprint density at radius 1 is 1.31 bits per heavy atom. The highest BCUT2D eigenvalue weighted by molar-refractivity contribution is 7.11. The summed E-state index contributed by atoms with van der Waals surface area (Å²) >= 11 is 1.38. The number of anilines is 1. The molecule has 0 bridgehead atoms. The number of ether oxygens (including phenoxy) is 1. The molecule has 26 heavy (non-hydrogen) atoms. The Morgan fingerprint density at radius 3 is 2.81 bits per heavy atom. The standard InChI is InChI=1S/C20H16FN3OS/c1-2-25-18-8-6-14(7-9-18)19-13-26-20(24-19)15(11-22)12-23-17-5-3-4-16(21)10-17/h3-10,12-13,23H,2H2,1H3. The number of allylic oxidation sites excluding steroid dienone is 1. The van der Waals surface area contributed by atoms with Gasteiger partial charge in [0.2, 0.25) is 0 Å². The predicted octanol–water partition coefficient (Wildman–Crippen LogP) is 5.32. The van der Waals surface area contributed by atoms with Gasteiger partial charge < -0.3 is 10.1 Å². The minimum Gasteiger partial charge on any atom is -0.494 e. The zero-order valence-electron chi connectivity index (χ0n) is 14.1. The molecule has 130 valence electrons. The average molecular weight is 365 g/mol. The minimum atomic E-state index is -0.339. The number of benzene rings is 2. The summed E-state index contributed by atoms with van der Waals surface area (Å²) in [5.41, 5.74) is 2.70. The molecule has 0 atom stereocenters. The minimum absolute atomic E-state index is 0.339. The van der Waals surface area contributed by atoms with Crippen LogP contribution < -0.4 is 10.1 Å². The van der Waals surface area contributed by atoms with Crippen LogP contribution in [0.4, 0.5) is 10.1 Å². The van der Waals surface area contributed by atoms with E-state index in [2.05, 4.69) is 16.4 Å². The fraction of sp³-hybridized carbons (Fsp3) is 0.100. The number of halogens is 1. The van der Waals surface area contributed by atoms with Crippen molar-refractivity contribution in [1.82, 2.24) is 4.98 Å². The van der Waals surface area contributed by atoms with E-state index in [1.54, 1.807) is 12.1 Å². The summed E-state index contributed by atoms with van der Waals surface area (Å²) in [6.07, 6.45) is 1.54. The molecule has 0 aliphatic carbocycles. The largest absolute Gasteiger partial charge is 0.494 e. The van der Waals surface area contributed by atoms with E-state index < -0.39 is 0 Å². The van der Waals surface area contributed by atoms with E-state index in [4.69, 9.17) is 4.74 Å². The second-order valence-electron chi connectivity index (χ2n) is 5.32. The van der Waals surface area contributed by atoms with Crippen molar-refractivity contribution >= 4 is 22.6 Å². The molecule has 0 aliphatic heterocycles. The molecule has 2 aromatic carbocycles. The van der Waals surface area contributed by atoms with Crippen LogP contribution in [0.25, 0.3) is 16.8 Å². The van der Waals surface area contributed by atoms with E-state index in [0.29, 0.717) is 22.9 Å². The molecule has 6 heteroatoms. The molecule has 4 nitrogen and oxygen atoms in total. The third-order valence-electron chi connectivity index (χ3n) is 3.52. The van der Waals surface area contributed by atoms with Gasteiger partial charge in [-0.05, 0) is 49.4 Å². The lowest BCUT2D eigenvalue weighted by Gasteiger charge is -2.03. The van der Waals surface area contributed by atoms with Crippen molar-refractivity contribution in [2.45, 2.75) is 6.92 Å². The van der Waals surface area contributed by atoms with Crippen molar-refractivity contribution < 1.29 is 9.13 Å². The Hall–Kier alpha value is -3.17. The summed E-state index contributed by atoms with van der Waals surface area (Å²) in [5.74, 6) is 0.470. The molecule has 0 saturated carbocycles. The number of thiazole rings is 1. The molecule has 0 amide bonds. The molecular formula is C20H16FN3OS. The van der Waals surface area contributed by atoms with Crippen LogP contribution in [0.15, 0.2) is 60.1 Å². The summed E-state index contributed by atoms with van der Waals surface area (Å²) in [5, 5.41) is 14.8. The maximum absolute atomic E-state index is 13.2. The first-order valence-corrected chi connectivity index (χ1v) is 8.89. The summed E-state index contributed by atoms with van der Waals surface area (Å²) in [6.45, 7) is 2.56. The second kappa shape index (κ2) is 8.28. The van der Waals surface area contributed by atoms with Gasteiger partial charge in [0.15, 0.2) is 0 Å². The molecular weight excluding hydrogens is 349 g/mol. The lowest BCUT2D eigenvalue weighted by atomic mass is 10.2. The number of nitrogens with one attached hydrogen (secondary N) is 1. The van der Waals surface area contributed by atoms with Gasteiger partial charge in [-0.15, -0.1) is 11.3 Å². The Morgan fingerprint density at radius 2 is 2.12 bits per heavy atom. The topological polar surface area (TPSA) is 57.9 Å². The maximum Gasteiger partial charge on any atom is 0.136 e. The monoisotopic (exact) mass is 365 g/mol. The highest BCUT2D eigenvalue weighted by Gasteiger charge is 2.09. The lowest BCUT2D eigenvalue weighted by Crippen LogP contribution is -1.92. The highest BCUT2D eigenvalue weighted by atomic mass is 32.1. The molecule has 0 aliphatic rings. The molecule has 0 spiro atoms. The summed E-state index contributed by atoms with van der Waals surface area (Å²) in [7, 11) is 0. The molecule has 0 saturated heterocycles. The highest BCUT2D eigenvalue weighted by Crippen LogP contribution is 2.27. The smallest absolute Gasteiger partial charge is 0.136 e. The molecule has 3 aromatic rings. The number of hydrogen-bond acceptors (Lipinski definition) is 5. The molecule has 1 N–H and O–H groups in total. The van der Waals surface area contributed by atoms with Crippen LogP contribution in [0.2, 0.25) is 0 Å². The molecule has 1 heterocycles. The van der Waals surface area contributed by atoms with Gasteiger partial charge in [-0.25, -0.2) is 9.37 Å². The number of rotatable bonds is 6. The summed E-state index contributed by atoms with van der Waals surface area (Å²) < 4.78 is 18.7. The van der Waals surface area contributed by atoms with Crippen molar-refractivity contribution in [2.75, 3.05) is 11.9 Å². The zero-order chi connectivity index (χ0) is 18.4. The van der Waals surface area contributed by atoms with Gasteiger partial charge in [-0.2, -0.15) is 5.26 Å². The van der Waals surface area contributed by atoms with Gasteiger partial charge in [-0.3, -0.25) is 0 Å². The van der Waals surface area contributed by atoms with Gasteiger partial charge in [-0.1, -0.05) is 6.07 Å². The third-order valence-corrected chi connectivity index (χ3v) is 4.40. The zero-order valence-corrected chi connectivity index (χ0v) is 14.9. The van der Waals surface area contributed by atoms with E-state index in [9.17, 15) is 9.65 Å².